The molecular weight excluding hydrogens is 448 g/mol. The Morgan fingerprint density at radius 1 is 0.972 bits per heavy atom. The minimum absolute atomic E-state index is 0.0654. The molecule has 1 N–H and O–H groups in total. The van der Waals surface area contributed by atoms with E-state index in [2.05, 4.69) is 85.2 Å². The maximum absolute atomic E-state index is 11.6. The zero-order chi connectivity index (χ0) is 24.3. The van der Waals surface area contributed by atoms with E-state index in [4.69, 9.17) is 14.5 Å². The minimum atomic E-state index is -1.25. The summed E-state index contributed by atoms with van der Waals surface area (Å²) in [5.74, 6) is -0.176. The Morgan fingerprint density at radius 3 is 2.50 bits per heavy atom. The lowest BCUT2D eigenvalue weighted by atomic mass is 9.79. The summed E-state index contributed by atoms with van der Waals surface area (Å²) < 4.78 is 14.5. The Balaban J connectivity index is 1.46. The first-order valence-corrected chi connectivity index (χ1v) is 12.7. The van der Waals surface area contributed by atoms with Crippen molar-refractivity contribution in [2.45, 2.75) is 49.7 Å². The maximum atomic E-state index is 11.6. The predicted molar refractivity (Wildman–Crippen MR) is 140 cm³/mol. The van der Waals surface area contributed by atoms with Crippen molar-refractivity contribution in [2.75, 3.05) is 7.11 Å². The number of nitrogens with zero attached hydrogens (tertiary/aromatic N) is 2. The number of fused-ring (bicyclic) bond motifs is 13. The molecule has 36 heavy (non-hydrogen) atoms. The zero-order valence-electron chi connectivity index (χ0n) is 20.5. The number of aliphatic imine (C=N–C) groups is 1. The Bertz CT molecular complexity index is 1690. The standard InChI is InChI=1S/C31H27N2O3/c1-16(2)22-14-23-24(20-11-7-6-10-19(20)22)27-25-21-13-12-17-8-4-5-9-18(17)28(21)36-30(25)32-15-33(27)29-26(23)31(29,34)35-3/h4-16,25-26,29-30,34H,1-3H3/q+1. The van der Waals surface area contributed by atoms with E-state index < -0.39 is 5.79 Å². The third kappa shape index (κ3) is 2.38. The van der Waals surface area contributed by atoms with Crippen molar-refractivity contribution >= 4 is 33.6 Å². The fourth-order valence-corrected chi connectivity index (χ4v) is 7.01. The van der Waals surface area contributed by atoms with Gasteiger partial charge in [0.1, 0.15) is 17.4 Å². The Kier molecular flexibility index (Phi) is 3.90. The molecule has 3 aliphatic heterocycles. The molecular formula is C31H27N2O3+. The van der Waals surface area contributed by atoms with Gasteiger partial charge in [-0.1, -0.05) is 80.6 Å². The molecule has 0 radical (unpaired) electrons. The van der Waals surface area contributed by atoms with E-state index in [-0.39, 0.29) is 24.1 Å². The maximum Gasteiger partial charge on any atom is 0.293 e. The van der Waals surface area contributed by atoms with Crippen LogP contribution in [0.2, 0.25) is 0 Å². The fraction of sp³-hybridized carbons (Fsp3) is 0.290. The third-order valence-corrected chi connectivity index (χ3v) is 8.70. The van der Waals surface area contributed by atoms with Crippen molar-refractivity contribution in [1.82, 2.24) is 0 Å². The molecule has 5 heteroatoms. The molecule has 0 saturated heterocycles. The predicted octanol–water partition coefficient (Wildman–Crippen LogP) is 5.28. The number of methoxy groups -OCH3 is 1. The van der Waals surface area contributed by atoms with Crippen LogP contribution < -0.4 is 4.74 Å². The second-order valence-electron chi connectivity index (χ2n) is 10.8. The van der Waals surface area contributed by atoms with Gasteiger partial charge in [0, 0.05) is 23.6 Å². The highest BCUT2D eigenvalue weighted by Crippen LogP contribution is 2.60. The van der Waals surface area contributed by atoms with Crippen LogP contribution in [0.1, 0.15) is 53.9 Å². The molecule has 4 aliphatic rings. The van der Waals surface area contributed by atoms with Crippen molar-refractivity contribution in [1.29, 1.82) is 0 Å². The third-order valence-electron chi connectivity index (χ3n) is 8.70. The van der Waals surface area contributed by atoms with Crippen LogP contribution in [0.3, 0.4) is 0 Å². The second kappa shape index (κ2) is 6.81. The number of benzene rings is 4. The minimum Gasteiger partial charge on any atom is -0.446 e. The summed E-state index contributed by atoms with van der Waals surface area (Å²) in [6.45, 7) is 4.47. The molecule has 4 aromatic carbocycles. The lowest BCUT2D eigenvalue weighted by Gasteiger charge is -2.27. The van der Waals surface area contributed by atoms with Crippen molar-refractivity contribution in [3.63, 3.8) is 0 Å². The Morgan fingerprint density at radius 2 is 1.72 bits per heavy atom. The molecule has 0 spiro atoms. The fourth-order valence-electron chi connectivity index (χ4n) is 7.01. The van der Waals surface area contributed by atoms with Gasteiger partial charge in [-0.25, -0.2) is 4.58 Å². The lowest BCUT2D eigenvalue weighted by molar-refractivity contribution is -0.444. The number of ether oxygens (including phenoxy) is 2. The van der Waals surface area contributed by atoms with E-state index in [0.29, 0.717) is 5.92 Å². The first kappa shape index (κ1) is 20.6. The highest BCUT2D eigenvalue weighted by Gasteiger charge is 2.75. The molecule has 1 aliphatic carbocycles. The topological polar surface area (TPSA) is 54.1 Å². The van der Waals surface area contributed by atoms with Gasteiger partial charge in [-0.05, 0) is 38.2 Å². The van der Waals surface area contributed by atoms with E-state index in [0.717, 1.165) is 27.8 Å². The van der Waals surface area contributed by atoms with Gasteiger partial charge >= 0.3 is 0 Å². The van der Waals surface area contributed by atoms with Gasteiger partial charge in [0.15, 0.2) is 6.04 Å². The average molecular weight is 476 g/mol. The summed E-state index contributed by atoms with van der Waals surface area (Å²) in [5.41, 5.74) is 5.97. The number of aliphatic hydroxyl groups is 1. The molecule has 1 saturated carbocycles. The average Bonchev–Trinajstić information content (AvgIpc) is 3.35. The van der Waals surface area contributed by atoms with Gasteiger partial charge in [-0.15, -0.1) is 0 Å². The van der Waals surface area contributed by atoms with Gasteiger partial charge in [0.2, 0.25) is 5.79 Å². The highest BCUT2D eigenvalue weighted by molar-refractivity contribution is 6.16. The lowest BCUT2D eigenvalue weighted by Crippen LogP contribution is -2.41. The van der Waals surface area contributed by atoms with E-state index in [1.54, 1.807) is 7.11 Å². The molecule has 1 fully saturated rings. The normalized spacial score (nSPS) is 29.0. The van der Waals surface area contributed by atoms with Crippen molar-refractivity contribution in [2.24, 2.45) is 4.99 Å². The summed E-state index contributed by atoms with van der Waals surface area (Å²) >= 11 is 0. The Labute approximate surface area is 209 Å². The first-order valence-electron chi connectivity index (χ1n) is 12.7. The van der Waals surface area contributed by atoms with Crippen LogP contribution in [0.15, 0.2) is 71.7 Å². The van der Waals surface area contributed by atoms with Crippen molar-refractivity contribution in [3.05, 3.63) is 89.0 Å². The molecule has 5 unspecified atom stereocenters. The van der Waals surface area contributed by atoms with Crippen LogP contribution in [-0.4, -0.2) is 46.9 Å². The zero-order valence-corrected chi connectivity index (χ0v) is 20.5. The molecule has 3 heterocycles. The highest BCUT2D eigenvalue weighted by atomic mass is 16.6. The van der Waals surface area contributed by atoms with E-state index in [1.807, 2.05) is 6.34 Å². The molecule has 0 amide bonds. The van der Waals surface area contributed by atoms with Crippen LogP contribution in [-0.2, 0) is 4.74 Å². The number of rotatable bonds is 2. The molecule has 5 atom stereocenters. The van der Waals surface area contributed by atoms with E-state index in [9.17, 15) is 5.11 Å². The summed E-state index contributed by atoms with van der Waals surface area (Å²) in [5, 5.41) is 16.3. The summed E-state index contributed by atoms with van der Waals surface area (Å²) in [6, 6.07) is 23.5. The first-order chi connectivity index (χ1) is 17.5. The van der Waals surface area contributed by atoms with E-state index >= 15 is 0 Å². The summed E-state index contributed by atoms with van der Waals surface area (Å²) in [4.78, 5) is 4.86. The number of hydrogen-bond acceptors (Lipinski definition) is 4. The van der Waals surface area contributed by atoms with Crippen LogP contribution in [0.5, 0.6) is 5.75 Å². The largest absolute Gasteiger partial charge is 0.446 e. The van der Waals surface area contributed by atoms with Gasteiger partial charge in [0.05, 0.1) is 5.92 Å². The molecule has 178 valence electrons. The second-order valence-corrected chi connectivity index (χ2v) is 10.8. The number of hydrogen-bond donors (Lipinski definition) is 1. The van der Waals surface area contributed by atoms with Gasteiger partial charge in [-0.2, -0.15) is 0 Å². The summed E-state index contributed by atoms with van der Waals surface area (Å²) in [7, 11) is 1.60. The summed E-state index contributed by atoms with van der Waals surface area (Å²) in [6.07, 6.45) is 1.53. The van der Waals surface area contributed by atoms with Crippen molar-refractivity contribution < 1.29 is 19.2 Å². The molecule has 4 aromatic rings. The molecule has 8 rings (SSSR count). The Hall–Kier alpha value is -3.54. The van der Waals surface area contributed by atoms with Gasteiger partial charge in [-0.3, -0.25) is 0 Å². The molecule has 0 aromatic heterocycles. The van der Waals surface area contributed by atoms with Crippen LogP contribution in [0.25, 0.3) is 21.5 Å². The molecule has 5 nitrogen and oxygen atoms in total. The molecule has 0 bridgehead atoms. The van der Waals surface area contributed by atoms with Crippen LogP contribution in [0.4, 0.5) is 0 Å². The van der Waals surface area contributed by atoms with Crippen molar-refractivity contribution in [3.8, 4) is 5.75 Å². The monoisotopic (exact) mass is 475 g/mol. The smallest absolute Gasteiger partial charge is 0.293 e. The SMILES string of the molecule is COC1(O)C2c3cc(C(C)C)c4ccccc4c3C3=[N+](C=NC4Oc5c(ccc6ccccc56)C34)C21. The van der Waals surface area contributed by atoms with Gasteiger partial charge in [0.25, 0.3) is 12.6 Å². The van der Waals surface area contributed by atoms with Crippen LogP contribution >= 0.6 is 0 Å². The van der Waals surface area contributed by atoms with Crippen LogP contribution in [0, 0.1) is 0 Å². The van der Waals surface area contributed by atoms with Gasteiger partial charge < -0.3 is 14.6 Å². The van der Waals surface area contributed by atoms with E-state index in [1.165, 1.54) is 27.5 Å². The quantitative estimate of drug-likeness (QED) is 0.317.